The highest BCUT2D eigenvalue weighted by molar-refractivity contribution is 5.54. The van der Waals surface area contributed by atoms with Crippen molar-refractivity contribution in [2.45, 2.75) is 38.9 Å². The van der Waals surface area contributed by atoms with Crippen LogP contribution in [0.15, 0.2) is 90.0 Å². The van der Waals surface area contributed by atoms with Crippen LogP contribution >= 0.6 is 0 Å². The van der Waals surface area contributed by atoms with E-state index in [-0.39, 0.29) is 29.6 Å². The maximum absolute atomic E-state index is 13.3. The number of piperazine rings is 1. The third-order valence-electron chi connectivity index (χ3n) is 7.60. The van der Waals surface area contributed by atoms with Crippen molar-refractivity contribution in [2.75, 3.05) is 36.0 Å². The van der Waals surface area contributed by atoms with Gasteiger partial charge in [-0.3, -0.25) is 0 Å². The first-order chi connectivity index (χ1) is 18.4. The topological polar surface area (TPSA) is 78.6 Å². The summed E-state index contributed by atoms with van der Waals surface area (Å²) in [4.78, 5) is 17.9. The van der Waals surface area contributed by atoms with Crippen LogP contribution in [0.25, 0.3) is 5.69 Å². The predicted octanol–water partition coefficient (Wildman–Crippen LogP) is 4.37. The van der Waals surface area contributed by atoms with Gasteiger partial charge >= 0.3 is 5.69 Å². The molecule has 1 aliphatic rings. The van der Waals surface area contributed by atoms with E-state index in [0.717, 1.165) is 43.2 Å². The van der Waals surface area contributed by atoms with E-state index in [1.165, 1.54) is 5.56 Å². The number of nitrogens with one attached hydrogen (secondary N) is 1. The molecule has 198 valence electrons. The molecule has 0 unspecified atom stereocenters. The molecule has 0 aliphatic carbocycles. The van der Waals surface area contributed by atoms with Gasteiger partial charge in [0.05, 0.1) is 11.7 Å². The van der Waals surface area contributed by atoms with Crippen LogP contribution in [-0.4, -0.2) is 51.7 Å². The summed E-state index contributed by atoms with van der Waals surface area (Å²) in [5.74, 6) is 0.287. The van der Waals surface area contributed by atoms with Gasteiger partial charge in [0, 0.05) is 49.6 Å². The Morgan fingerprint density at radius 3 is 1.87 bits per heavy atom. The molecule has 38 heavy (non-hydrogen) atoms. The van der Waals surface area contributed by atoms with E-state index in [1.807, 2.05) is 49.4 Å². The fraction of sp³-hybridized carbons (Fsp3) is 0.333. The highest BCUT2D eigenvalue weighted by atomic mass is 16.3. The molecule has 3 atom stereocenters. The quantitative estimate of drug-likeness (QED) is 0.365. The first kappa shape index (κ1) is 25.6. The summed E-state index contributed by atoms with van der Waals surface area (Å²) >= 11 is 0. The average Bonchev–Trinajstić information content (AvgIpc) is 3.34. The minimum absolute atomic E-state index is 0.0499. The van der Waals surface area contributed by atoms with Gasteiger partial charge in [0.1, 0.15) is 12.1 Å². The van der Waals surface area contributed by atoms with E-state index in [0.29, 0.717) is 0 Å². The number of phenolic OH excluding ortho intramolecular Hbond substituents is 1. The number of hydrogen-bond donors (Lipinski definition) is 2. The molecule has 4 aromatic rings. The Morgan fingerprint density at radius 2 is 1.29 bits per heavy atom. The molecule has 0 spiro atoms. The monoisotopic (exact) mass is 512 g/mol. The van der Waals surface area contributed by atoms with Gasteiger partial charge in [-0.05, 0) is 74.9 Å². The van der Waals surface area contributed by atoms with Gasteiger partial charge in [0.25, 0.3) is 0 Å². The van der Waals surface area contributed by atoms with Crippen molar-refractivity contribution in [2.24, 2.45) is 0 Å². The summed E-state index contributed by atoms with van der Waals surface area (Å²) in [6.07, 6.45) is 1.61. The van der Waals surface area contributed by atoms with Gasteiger partial charge in [-0.1, -0.05) is 30.3 Å². The molecule has 0 saturated carbocycles. The zero-order valence-corrected chi connectivity index (χ0v) is 22.2. The molecule has 8 nitrogen and oxygen atoms in total. The Bertz CT molecular complexity index is 1370. The van der Waals surface area contributed by atoms with Crippen molar-refractivity contribution >= 4 is 11.4 Å². The maximum Gasteiger partial charge on any atom is 0.350 e. The predicted molar refractivity (Wildman–Crippen MR) is 153 cm³/mol. The van der Waals surface area contributed by atoms with Gasteiger partial charge in [0.15, 0.2) is 0 Å². The summed E-state index contributed by atoms with van der Waals surface area (Å²) in [6.45, 7) is 9.87. The number of benzene rings is 3. The van der Waals surface area contributed by atoms with Crippen LogP contribution in [0.1, 0.15) is 38.4 Å². The molecule has 1 aliphatic heterocycles. The molecule has 1 saturated heterocycles. The summed E-state index contributed by atoms with van der Waals surface area (Å²) < 4.78 is 3.17. The second-order valence-electron chi connectivity index (χ2n) is 10.1. The van der Waals surface area contributed by atoms with Gasteiger partial charge in [-0.25, -0.2) is 14.0 Å². The van der Waals surface area contributed by atoms with Gasteiger partial charge < -0.3 is 20.2 Å². The largest absolute Gasteiger partial charge is 0.508 e. The normalized spacial score (nSPS) is 16.3. The van der Waals surface area contributed by atoms with E-state index in [1.54, 1.807) is 27.7 Å². The summed E-state index contributed by atoms with van der Waals surface area (Å²) in [5.41, 5.74) is 4.14. The lowest BCUT2D eigenvalue weighted by molar-refractivity contribution is 0.334. The van der Waals surface area contributed by atoms with E-state index in [2.05, 4.69) is 58.3 Å². The molecule has 0 bridgehead atoms. The van der Waals surface area contributed by atoms with Crippen molar-refractivity contribution in [3.8, 4) is 11.4 Å². The van der Waals surface area contributed by atoms with Crippen LogP contribution in [0.4, 0.5) is 11.4 Å². The lowest BCUT2D eigenvalue weighted by Gasteiger charge is -2.37. The Balaban J connectivity index is 1.22. The molecule has 0 radical (unpaired) electrons. The Morgan fingerprint density at radius 1 is 0.763 bits per heavy atom. The second kappa shape index (κ2) is 11.1. The number of anilines is 2. The first-order valence-electron chi connectivity index (χ1n) is 13.3. The number of aromatic hydroxyl groups is 1. The molecule has 5 rings (SSSR count). The fourth-order valence-corrected chi connectivity index (χ4v) is 5.07. The molecule has 2 heterocycles. The van der Waals surface area contributed by atoms with Crippen LogP contribution in [0, 0.1) is 0 Å². The summed E-state index contributed by atoms with van der Waals surface area (Å²) in [7, 11) is 0. The SMILES string of the molecule is C[C@H](N[C@H](C)c1ccccc1)[C@@H](C)n1ncn(-c2ccc(N3CCN(c4ccc(O)cc4)CC3)cc2)c1=O. The van der Waals surface area contributed by atoms with Crippen molar-refractivity contribution < 1.29 is 5.11 Å². The Labute approximate surface area is 223 Å². The Hall–Kier alpha value is -4.04. The average molecular weight is 513 g/mol. The van der Waals surface area contributed by atoms with E-state index in [4.69, 9.17) is 0 Å². The molecular weight excluding hydrogens is 476 g/mol. The van der Waals surface area contributed by atoms with Crippen molar-refractivity contribution in [1.29, 1.82) is 0 Å². The summed E-state index contributed by atoms with van der Waals surface area (Å²) in [6, 6.07) is 25.9. The lowest BCUT2D eigenvalue weighted by Crippen LogP contribution is -2.46. The third-order valence-corrected chi connectivity index (χ3v) is 7.60. The minimum atomic E-state index is -0.145. The van der Waals surface area contributed by atoms with Gasteiger partial charge in [-0.2, -0.15) is 5.10 Å². The number of phenols is 1. The number of hydrogen-bond acceptors (Lipinski definition) is 6. The molecule has 0 amide bonds. The third kappa shape index (κ3) is 5.45. The van der Waals surface area contributed by atoms with Gasteiger partial charge in [-0.15, -0.1) is 0 Å². The lowest BCUT2D eigenvalue weighted by atomic mass is 10.1. The number of aromatic nitrogens is 3. The molecule has 1 aromatic heterocycles. The first-order valence-corrected chi connectivity index (χ1v) is 13.3. The fourth-order valence-electron chi connectivity index (χ4n) is 5.07. The van der Waals surface area contributed by atoms with E-state index < -0.39 is 0 Å². The van der Waals surface area contributed by atoms with Crippen LogP contribution in [-0.2, 0) is 0 Å². The van der Waals surface area contributed by atoms with E-state index in [9.17, 15) is 9.90 Å². The zero-order chi connectivity index (χ0) is 26.6. The molecule has 3 aromatic carbocycles. The highest BCUT2D eigenvalue weighted by Crippen LogP contribution is 2.23. The highest BCUT2D eigenvalue weighted by Gasteiger charge is 2.21. The molecule has 2 N–H and O–H groups in total. The molecular formula is C30H36N6O2. The van der Waals surface area contributed by atoms with Crippen LogP contribution in [0.3, 0.4) is 0 Å². The zero-order valence-electron chi connectivity index (χ0n) is 22.2. The molecule has 1 fully saturated rings. The van der Waals surface area contributed by atoms with Gasteiger partial charge in [0.2, 0.25) is 0 Å². The van der Waals surface area contributed by atoms with Crippen molar-refractivity contribution in [1.82, 2.24) is 19.7 Å². The summed E-state index contributed by atoms with van der Waals surface area (Å²) in [5, 5.41) is 17.6. The number of nitrogens with zero attached hydrogens (tertiary/aromatic N) is 5. The minimum Gasteiger partial charge on any atom is -0.508 e. The standard InChI is InChI=1S/C30H36N6O2/c1-22(32-23(2)25-7-5-4-6-8-25)24(3)36-30(38)35(21-31-36)28-11-9-26(10-12-28)33-17-19-34(20-18-33)27-13-15-29(37)16-14-27/h4-16,21-24,32,37H,17-20H2,1-3H3/t22-,23+,24+/m0/s1. The Kier molecular flexibility index (Phi) is 7.51. The van der Waals surface area contributed by atoms with Crippen LogP contribution < -0.4 is 20.8 Å². The molecule has 8 heteroatoms. The van der Waals surface area contributed by atoms with Crippen molar-refractivity contribution in [3.05, 3.63) is 101 Å². The second-order valence-corrected chi connectivity index (χ2v) is 10.1. The number of rotatable bonds is 8. The van der Waals surface area contributed by atoms with Crippen LogP contribution in [0.2, 0.25) is 0 Å². The van der Waals surface area contributed by atoms with Crippen molar-refractivity contribution in [3.63, 3.8) is 0 Å². The maximum atomic E-state index is 13.3. The van der Waals surface area contributed by atoms with E-state index >= 15 is 0 Å². The smallest absolute Gasteiger partial charge is 0.350 e. The van der Waals surface area contributed by atoms with Crippen LogP contribution in [0.5, 0.6) is 5.75 Å².